The lowest BCUT2D eigenvalue weighted by atomic mass is 10.1. The number of furan rings is 1. The van der Waals surface area contributed by atoms with Gasteiger partial charge in [-0.05, 0) is 36.8 Å². The molecule has 2 fully saturated rings. The molecule has 3 heterocycles. The predicted octanol–water partition coefficient (Wildman–Crippen LogP) is 2.79. The zero-order valence-corrected chi connectivity index (χ0v) is 18.6. The second-order valence-corrected chi connectivity index (χ2v) is 8.59. The van der Waals surface area contributed by atoms with E-state index in [1.165, 1.54) is 6.26 Å². The average molecular weight is 476 g/mol. The molecule has 4 rings (SSSR count). The Morgan fingerprint density at radius 2 is 1.73 bits per heavy atom. The molecule has 2 unspecified atom stereocenters. The molecular formula is C22H26BrN3O4. The van der Waals surface area contributed by atoms with Crippen molar-refractivity contribution in [3.05, 3.63) is 58.5 Å². The fraction of sp³-hybridized carbons (Fsp3) is 0.455. The highest BCUT2D eigenvalue weighted by Gasteiger charge is 2.33. The van der Waals surface area contributed by atoms with Crippen molar-refractivity contribution in [3.63, 3.8) is 0 Å². The van der Waals surface area contributed by atoms with Crippen LogP contribution >= 0.6 is 15.9 Å². The van der Waals surface area contributed by atoms with E-state index in [-0.39, 0.29) is 24.0 Å². The SMILES string of the molecule is CC(C(=O)N1CCN(C(=O)c2ccco2)CC1)N1CCOC(c2ccc(Br)cc2)C1. The molecule has 2 atom stereocenters. The van der Waals surface area contributed by atoms with E-state index >= 15 is 0 Å². The Labute approximate surface area is 184 Å². The summed E-state index contributed by atoms with van der Waals surface area (Å²) in [5.41, 5.74) is 1.12. The highest BCUT2D eigenvalue weighted by molar-refractivity contribution is 9.10. The number of halogens is 1. The number of ether oxygens (including phenoxy) is 1. The number of amides is 2. The lowest BCUT2D eigenvalue weighted by Crippen LogP contribution is -2.56. The molecule has 2 aromatic rings. The lowest BCUT2D eigenvalue weighted by Gasteiger charge is -2.40. The number of hydrogen-bond donors (Lipinski definition) is 0. The molecule has 2 aliphatic heterocycles. The van der Waals surface area contributed by atoms with Gasteiger partial charge in [0.1, 0.15) is 0 Å². The third-order valence-corrected chi connectivity index (χ3v) is 6.38. The van der Waals surface area contributed by atoms with Crippen molar-refractivity contribution in [2.75, 3.05) is 45.9 Å². The molecule has 2 amide bonds. The Morgan fingerprint density at radius 3 is 2.40 bits per heavy atom. The molecule has 1 aromatic heterocycles. The van der Waals surface area contributed by atoms with Crippen LogP contribution in [0.5, 0.6) is 0 Å². The Balaban J connectivity index is 1.32. The highest BCUT2D eigenvalue weighted by atomic mass is 79.9. The number of nitrogens with zero attached hydrogens (tertiary/aromatic N) is 3. The number of carbonyl (C=O) groups is 2. The van der Waals surface area contributed by atoms with Gasteiger partial charge in [-0.25, -0.2) is 0 Å². The summed E-state index contributed by atoms with van der Waals surface area (Å²) >= 11 is 3.46. The van der Waals surface area contributed by atoms with E-state index in [9.17, 15) is 9.59 Å². The number of hydrogen-bond acceptors (Lipinski definition) is 5. The molecule has 0 aliphatic carbocycles. The Hall–Kier alpha value is -2.16. The van der Waals surface area contributed by atoms with Gasteiger partial charge in [0.2, 0.25) is 5.91 Å². The quantitative estimate of drug-likeness (QED) is 0.679. The first kappa shape index (κ1) is 21.1. The smallest absolute Gasteiger partial charge is 0.289 e. The van der Waals surface area contributed by atoms with Crippen LogP contribution in [0.3, 0.4) is 0 Å². The lowest BCUT2D eigenvalue weighted by molar-refractivity contribution is -0.141. The van der Waals surface area contributed by atoms with Gasteiger partial charge in [0.05, 0.1) is 25.0 Å². The minimum absolute atomic E-state index is 0.0372. The third-order valence-electron chi connectivity index (χ3n) is 5.86. The van der Waals surface area contributed by atoms with E-state index in [0.29, 0.717) is 45.1 Å². The van der Waals surface area contributed by atoms with Gasteiger partial charge in [0.25, 0.3) is 5.91 Å². The molecule has 0 saturated carbocycles. The van der Waals surface area contributed by atoms with E-state index in [1.54, 1.807) is 17.0 Å². The van der Waals surface area contributed by atoms with Crippen molar-refractivity contribution in [2.24, 2.45) is 0 Å². The second-order valence-electron chi connectivity index (χ2n) is 7.68. The van der Waals surface area contributed by atoms with E-state index in [0.717, 1.165) is 16.6 Å². The fourth-order valence-corrected chi connectivity index (χ4v) is 4.27. The molecule has 0 N–H and O–H groups in total. The van der Waals surface area contributed by atoms with E-state index in [1.807, 2.05) is 24.0 Å². The normalized spacial score (nSPS) is 21.5. The van der Waals surface area contributed by atoms with Gasteiger partial charge in [-0.2, -0.15) is 0 Å². The van der Waals surface area contributed by atoms with Crippen molar-refractivity contribution in [2.45, 2.75) is 19.1 Å². The fourth-order valence-electron chi connectivity index (χ4n) is 4.01. The molecule has 0 radical (unpaired) electrons. The maximum atomic E-state index is 13.1. The second kappa shape index (κ2) is 9.32. The van der Waals surface area contributed by atoms with Gasteiger partial charge in [0, 0.05) is 43.7 Å². The number of rotatable bonds is 4. The van der Waals surface area contributed by atoms with Gasteiger partial charge in [-0.1, -0.05) is 28.1 Å². The van der Waals surface area contributed by atoms with Crippen LogP contribution < -0.4 is 0 Å². The van der Waals surface area contributed by atoms with E-state index < -0.39 is 0 Å². The topological polar surface area (TPSA) is 66.2 Å². The summed E-state index contributed by atoms with van der Waals surface area (Å²) in [6.45, 7) is 6.09. The summed E-state index contributed by atoms with van der Waals surface area (Å²) in [5.74, 6) is 0.331. The zero-order valence-electron chi connectivity index (χ0n) is 17.0. The van der Waals surface area contributed by atoms with Crippen LogP contribution in [-0.2, 0) is 9.53 Å². The summed E-state index contributed by atoms with van der Waals surface area (Å²) < 4.78 is 12.2. The van der Waals surface area contributed by atoms with Crippen LogP contribution in [-0.4, -0.2) is 78.4 Å². The van der Waals surface area contributed by atoms with Crippen molar-refractivity contribution in [1.29, 1.82) is 0 Å². The molecular weight excluding hydrogens is 450 g/mol. The van der Waals surface area contributed by atoms with Crippen LogP contribution in [0, 0.1) is 0 Å². The first-order valence-electron chi connectivity index (χ1n) is 10.3. The molecule has 0 bridgehead atoms. The van der Waals surface area contributed by atoms with Gasteiger partial charge in [-0.15, -0.1) is 0 Å². The van der Waals surface area contributed by atoms with Crippen molar-refractivity contribution < 1.29 is 18.7 Å². The van der Waals surface area contributed by atoms with Gasteiger partial charge in [0.15, 0.2) is 5.76 Å². The number of morpholine rings is 1. The summed E-state index contributed by atoms with van der Waals surface area (Å²) in [5, 5.41) is 0. The maximum Gasteiger partial charge on any atom is 0.289 e. The third kappa shape index (κ3) is 4.61. The molecule has 30 heavy (non-hydrogen) atoms. The molecule has 2 aliphatic rings. The number of carbonyl (C=O) groups excluding carboxylic acids is 2. The highest BCUT2D eigenvalue weighted by Crippen LogP contribution is 2.25. The summed E-state index contributed by atoms with van der Waals surface area (Å²) in [7, 11) is 0. The van der Waals surface area contributed by atoms with Gasteiger partial charge in [-0.3, -0.25) is 14.5 Å². The Kier molecular flexibility index (Phi) is 6.55. The monoisotopic (exact) mass is 475 g/mol. The van der Waals surface area contributed by atoms with Crippen molar-refractivity contribution >= 4 is 27.7 Å². The van der Waals surface area contributed by atoms with Crippen LogP contribution in [0.1, 0.15) is 29.1 Å². The summed E-state index contributed by atoms with van der Waals surface area (Å²) in [6, 6.07) is 11.3. The first-order chi connectivity index (χ1) is 14.5. The molecule has 2 saturated heterocycles. The average Bonchev–Trinajstić information content (AvgIpc) is 3.33. The van der Waals surface area contributed by atoms with Crippen LogP contribution in [0.15, 0.2) is 51.6 Å². The first-order valence-corrected chi connectivity index (χ1v) is 11.0. The molecule has 7 nitrogen and oxygen atoms in total. The molecule has 8 heteroatoms. The standard InChI is InChI=1S/C22H26BrN3O4/c1-16(26-12-14-30-20(15-26)17-4-6-18(23)7-5-17)21(27)24-8-10-25(11-9-24)22(28)19-3-2-13-29-19/h2-7,13,16,20H,8-12,14-15H2,1H3. The van der Waals surface area contributed by atoms with E-state index in [2.05, 4.69) is 33.0 Å². The van der Waals surface area contributed by atoms with Crippen LogP contribution in [0.4, 0.5) is 0 Å². The van der Waals surface area contributed by atoms with Crippen LogP contribution in [0.2, 0.25) is 0 Å². The van der Waals surface area contributed by atoms with Crippen molar-refractivity contribution in [3.8, 4) is 0 Å². The predicted molar refractivity (Wildman–Crippen MR) is 115 cm³/mol. The summed E-state index contributed by atoms with van der Waals surface area (Å²) in [6.07, 6.45) is 1.46. The minimum atomic E-state index is -0.223. The Morgan fingerprint density at radius 1 is 1.03 bits per heavy atom. The van der Waals surface area contributed by atoms with Crippen molar-refractivity contribution in [1.82, 2.24) is 14.7 Å². The zero-order chi connectivity index (χ0) is 21.1. The summed E-state index contributed by atoms with van der Waals surface area (Å²) in [4.78, 5) is 31.3. The van der Waals surface area contributed by atoms with Gasteiger partial charge < -0.3 is 19.0 Å². The number of benzene rings is 1. The van der Waals surface area contributed by atoms with Crippen LogP contribution in [0.25, 0.3) is 0 Å². The van der Waals surface area contributed by atoms with E-state index in [4.69, 9.17) is 9.15 Å². The minimum Gasteiger partial charge on any atom is -0.459 e. The number of piperazine rings is 1. The maximum absolute atomic E-state index is 13.1. The molecule has 160 valence electrons. The Bertz CT molecular complexity index is 863. The largest absolute Gasteiger partial charge is 0.459 e. The molecule has 1 aromatic carbocycles. The molecule has 0 spiro atoms. The van der Waals surface area contributed by atoms with Gasteiger partial charge >= 0.3 is 0 Å².